The molecule has 33 heavy (non-hydrogen) atoms. The third-order valence-electron chi connectivity index (χ3n) is 9.32. The molecule has 0 aromatic heterocycles. The SMILES string of the molecule is CNc1cc(F)c(C2(C)[C@@H]3C4CCC(C4)[C@@H]3c3c(ccc(N)c3C=N)[N+]2(C)C)cc1C(=N)N. The molecule has 0 radical (unpaired) electrons. The Balaban J connectivity index is 1.85. The fraction of sp³-hybridized carbons (Fsp3) is 0.462. The molecule has 3 aliphatic rings. The zero-order valence-electron chi connectivity index (χ0n) is 19.8. The Kier molecular flexibility index (Phi) is 4.67. The van der Waals surface area contributed by atoms with Gasteiger partial charge in [0.25, 0.3) is 0 Å². The number of nitrogen functional groups attached to an aromatic ring is 2. The van der Waals surface area contributed by atoms with Crippen LogP contribution in [0.1, 0.15) is 54.4 Å². The van der Waals surface area contributed by atoms with E-state index in [1.54, 1.807) is 13.1 Å². The second kappa shape index (κ2) is 7.03. The molecule has 2 saturated carbocycles. The summed E-state index contributed by atoms with van der Waals surface area (Å²) >= 11 is 0. The fourth-order valence-electron chi connectivity index (χ4n) is 7.65. The molecule has 2 bridgehead atoms. The maximum absolute atomic E-state index is 15.9. The second-order valence-electron chi connectivity index (χ2n) is 10.7. The normalized spacial score (nSPS) is 31.1. The number of benzene rings is 2. The van der Waals surface area contributed by atoms with Crippen molar-refractivity contribution in [3.63, 3.8) is 0 Å². The molecule has 3 unspecified atom stereocenters. The predicted molar refractivity (Wildman–Crippen MR) is 134 cm³/mol. The number of anilines is 2. The fourth-order valence-corrected chi connectivity index (χ4v) is 7.65. The molecule has 2 aromatic carbocycles. The van der Waals surface area contributed by atoms with E-state index in [-0.39, 0.29) is 23.5 Å². The smallest absolute Gasteiger partial charge is 0.137 e. The van der Waals surface area contributed by atoms with E-state index in [1.165, 1.54) is 24.3 Å². The Morgan fingerprint density at radius 3 is 2.58 bits per heavy atom. The minimum atomic E-state index is -0.576. The van der Waals surface area contributed by atoms with Gasteiger partial charge < -0.3 is 22.2 Å². The maximum atomic E-state index is 15.9. The summed E-state index contributed by atoms with van der Waals surface area (Å²) in [4.78, 5) is 0. The summed E-state index contributed by atoms with van der Waals surface area (Å²) in [5.41, 5.74) is 17.1. The molecule has 1 heterocycles. The van der Waals surface area contributed by atoms with Crippen molar-refractivity contribution in [1.82, 2.24) is 4.48 Å². The highest BCUT2D eigenvalue weighted by molar-refractivity contribution is 6.00. The van der Waals surface area contributed by atoms with Gasteiger partial charge in [-0.15, -0.1) is 0 Å². The number of rotatable bonds is 4. The highest BCUT2D eigenvalue weighted by atomic mass is 19.1. The predicted octanol–water partition coefficient (Wildman–Crippen LogP) is 4.36. The lowest BCUT2D eigenvalue weighted by Gasteiger charge is -2.58. The van der Waals surface area contributed by atoms with Gasteiger partial charge in [0.15, 0.2) is 0 Å². The van der Waals surface area contributed by atoms with E-state index in [4.69, 9.17) is 22.3 Å². The Labute approximate surface area is 194 Å². The van der Waals surface area contributed by atoms with Crippen molar-refractivity contribution in [3.05, 3.63) is 52.3 Å². The molecule has 7 heteroatoms. The van der Waals surface area contributed by atoms with E-state index in [0.29, 0.717) is 38.8 Å². The zero-order valence-corrected chi connectivity index (χ0v) is 19.8. The van der Waals surface area contributed by atoms with Gasteiger partial charge in [0.1, 0.15) is 22.9 Å². The first kappa shape index (κ1) is 21.9. The number of nitrogens with two attached hydrogens (primary N) is 2. The average Bonchev–Trinajstić information content (AvgIpc) is 3.39. The van der Waals surface area contributed by atoms with E-state index < -0.39 is 5.54 Å². The first-order valence-electron chi connectivity index (χ1n) is 11.7. The Morgan fingerprint density at radius 1 is 1.24 bits per heavy atom. The molecule has 0 amide bonds. The molecule has 1 aliphatic heterocycles. The number of hydrogen-bond donors (Lipinski definition) is 5. The molecule has 7 N–H and O–H groups in total. The van der Waals surface area contributed by atoms with E-state index in [2.05, 4.69) is 32.4 Å². The second-order valence-corrected chi connectivity index (χ2v) is 10.7. The number of quaternary nitrogens is 1. The molecule has 5 rings (SSSR count). The van der Waals surface area contributed by atoms with Crippen molar-refractivity contribution in [3.8, 4) is 0 Å². The molecule has 174 valence electrons. The number of nitrogens with zero attached hydrogens (tertiary/aromatic N) is 1. The van der Waals surface area contributed by atoms with E-state index >= 15 is 4.39 Å². The van der Waals surface area contributed by atoms with Crippen LogP contribution in [-0.2, 0) is 5.54 Å². The van der Waals surface area contributed by atoms with Gasteiger partial charge >= 0.3 is 0 Å². The first-order chi connectivity index (χ1) is 15.6. The quantitative estimate of drug-likeness (QED) is 0.207. The third kappa shape index (κ3) is 2.63. The molecular formula is C26H34FN6+. The maximum Gasteiger partial charge on any atom is 0.137 e. The van der Waals surface area contributed by atoms with Gasteiger partial charge in [-0.1, -0.05) is 0 Å². The van der Waals surface area contributed by atoms with Gasteiger partial charge in [-0.25, -0.2) is 4.39 Å². The van der Waals surface area contributed by atoms with Crippen LogP contribution in [0.15, 0.2) is 24.3 Å². The summed E-state index contributed by atoms with van der Waals surface area (Å²) in [6.07, 6.45) is 4.85. The monoisotopic (exact) mass is 449 g/mol. The molecule has 2 aromatic rings. The Bertz CT molecular complexity index is 1190. The van der Waals surface area contributed by atoms with Gasteiger partial charge in [-0.05, 0) is 56.2 Å². The molecule has 2 aliphatic carbocycles. The minimum Gasteiger partial charge on any atom is -0.398 e. The number of nitrogens with one attached hydrogen (secondary N) is 3. The van der Waals surface area contributed by atoms with Crippen molar-refractivity contribution in [2.75, 3.05) is 32.2 Å². The van der Waals surface area contributed by atoms with Crippen LogP contribution in [-0.4, -0.2) is 33.2 Å². The highest BCUT2D eigenvalue weighted by Crippen LogP contribution is 2.69. The van der Waals surface area contributed by atoms with Gasteiger partial charge in [0.05, 0.1) is 14.1 Å². The van der Waals surface area contributed by atoms with Crippen molar-refractivity contribution >= 4 is 29.1 Å². The van der Waals surface area contributed by atoms with Crippen LogP contribution in [0, 0.1) is 34.4 Å². The molecule has 2 fully saturated rings. The number of hydrogen-bond acceptors (Lipinski definition) is 4. The number of fused-ring (bicyclic) bond motifs is 7. The molecule has 5 atom stereocenters. The summed E-state index contributed by atoms with van der Waals surface area (Å²) in [5.74, 6) is 1.10. The van der Waals surface area contributed by atoms with Gasteiger partial charge in [0, 0.05) is 64.8 Å². The van der Waals surface area contributed by atoms with Crippen LogP contribution in [0.4, 0.5) is 21.5 Å². The summed E-state index contributed by atoms with van der Waals surface area (Å²) < 4.78 is 16.4. The summed E-state index contributed by atoms with van der Waals surface area (Å²) in [6, 6.07) is 7.24. The van der Waals surface area contributed by atoms with Gasteiger partial charge in [-0.3, -0.25) is 9.89 Å². The van der Waals surface area contributed by atoms with Crippen LogP contribution in [0.5, 0.6) is 0 Å². The Hall–Kier alpha value is -2.93. The highest BCUT2D eigenvalue weighted by Gasteiger charge is 2.67. The van der Waals surface area contributed by atoms with E-state index in [0.717, 1.165) is 24.1 Å². The summed E-state index contributed by atoms with van der Waals surface area (Å²) in [6.45, 7) is 2.19. The molecule has 0 saturated heterocycles. The van der Waals surface area contributed by atoms with Crippen LogP contribution in [0.25, 0.3) is 0 Å². The standard InChI is InChI=1S/C26H34FN6/c1-26(17-10-15(25(30)31)20(32-2)11-18(17)27)24-14-6-5-13(9-14)22(24)23-16(12-28)19(29)7-8-21(23)33(26,3)4/h7-8,10-14,22,24,28,32H,5-6,9,29H2,1-4H3,(H3,30,31)/q+1/t13?,14?,22-,24-,26?/m1/s1. The zero-order chi connectivity index (χ0) is 23.9. The summed E-state index contributed by atoms with van der Waals surface area (Å²) in [7, 11) is 6.00. The lowest BCUT2D eigenvalue weighted by Crippen LogP contribution is -2.65. The van der Waals surface area contributed by atoms with Crippen molar-refractivity contribution < 1.29 is 4.39 Å². The van der Waals surface area contributed by atoms with Crippen LogP contribution < -0.4 is 21.3 Å². The van der Waals surface area contributed by atoms with Crippen LogP contribution in [0.2, 0.25) is 0 Å². The minimum absolute atomic E-state index is 0.0749. The molecular weight excluding hydrogens is 415 g/mol. The average molecular weight is 450 g/mol. The van der Waals surface area contributed by atoms with Crippen molar-refractivity contribution in [1.29, 1.82) is 10.8 Å². The molecule has 0 spiro atoms. The Morgan fingerprint density at radius 2 is 1.94 bits per heavy atom. The lowest BCUT2D eigenvalue weighted by atomic mass is 9.59. The van der Waals surface area contributed by atoms with Gasteiger partial charge in [0.2, 0.25) is 0 Å². The third-order valence-corrected chi connectivity index (χ3v) is 9.32. The van der Waals surface area contributed by atoms with Gasteiger partial charge in [-0.2, -0.15) is 0 Å². The first-order valence-corrected chi connectivity index (χ1v) is 11.7. The topological polar surface area (TPSA) is 112 Å². The van der Waals surface area contributed by atoms with Crippen molar-refractivity contribution in [2.24, 2.45) is 23.5 Å². The van der Waals surface area contributed by atoms with E-state index in [1.807, 2.05) is 6.07 Å². The van der Waals surface area contributed by atoms with Crippen LogP contribution in [0.3, 0.4) is 0 Å². The largest absolute Gasteiger partial charge is 0.398 e. The summed E-state index contributed by atoms with van der Waals surface area (Å²) in [5, 5.41) is 19.2. The lowest BCUT2D eigenvalue weighted by molar-refractivity contribution is 0.0285. The van der Waals surface area contributed by atoms with Crippen molar-refractivity contribution in [2.45, 2.75) is 37.6 Å². The van der Waals surface area contributed by atoms with Crippen LogP contribution >= 0.6 is 0 Å². The number of halogens is 1. The molecule has 6 nitrogen and oxygen atoms in total. The van der Waals surface area contributed by atoms with E-state index in [9.17, 15) is 0 Å². The number of amidine groups is 1.